The molecule has 1 unspecified atom stereocenters. The average molecular weight is 511 g/mol. The highest BCUT2D eigenvalue weighted by molar-refractivity contribution is 6.06. The van der Waals surface area contributed by atoms with Gasteiger partial charge in [0.1, 0.15) is 28.7 Å². The van der Waals surface area contributed by atoms with Crippen LogP contribution in [0.1, 0.15) is 37.6 Å². The number of carbonyl (C=O) groups is 1. The molecule has 3 aromatic heterocycles. The van der Waals surface area contributed by atoms with Crippen LogP contribution in [0.2, 0.25) is 0 Å². The van der Waals surface area contributed by atoms with E-state index in [0.29, 0.717) is 23.4 Å². The first kappa shape index (κ1) is 24.2. The third kappa shape index (κ3) is 4.00. The SMILES string of the molecule is Cn1ncc2c(-c3nc(N)c4c(n3)NC(=O)C4(C)NCC3CC3)nc(CCC(F)(F)C(F)(F)F)nc21. The van der Waals surface area contributed by atoms with Crippen molar-refractivity contribution in [3.05, 3.63) is 17.6 Å². The van der Waals surface area contributed by atoms with Crippen molar-refractivity contribution < 1.29 is 26.7 Å². The maximum absolute atomic E-state index is 13.5. The zero-order chi connectivity index (χ0) is 26.0. The number of rotatable bonds is 7. The second kappa shape index (κ2) is 8.01. The van der Waals surface area contributed by atoms with Gasteiger partial charge in [0.25, 0.3) is 0 Å². The summed E-state index contributed by atoms with van der Waals surface area (Å²) in [5.74, 6) is -4.94. The van der Waals surface area contributed by atoms with Crippen LogP contribution in [0.15, 0.2) is 6.20 Å². The number of hydrogen-bond acceptors (Lipinski definition) is 8. The minimum absolute atomic E-state index is 0.0000424. The van der Waals surface area contributed by atoms with Crippen LogP contribution in [-0.2, 0) is 23.8 Å². The fourth-order valence-electron chi connectivity index (χ4n) is 4.11. The number of aryl methyl sites for hydroxylation is 2. The summed E-state index contributed by atoms with van der Waals surface area (Å²) < 4.78 is 66.3. The summed E-state index contributed by atoms with van der Waals surface area (Å²) in [4.78, 5) is 29.8. The molecule has 4 heterocycles. The molecule has 0 aromatic carbocycles. The lowest BCUT2D eigenvalue weighted by Gasteiger charge is -2.24. The van der Waals surface area contributed by atoms with Gasteiger partial charge in [-0.1, -0.05) is 0 Å². The third-order valence-electron chi connectivity index (χ3n) is 6.49. The van der Waals surface area contributed by atoms with Gasteiger partial charge in [-0.05, 0) is 32.2 Å². The molecule has 1 saturated carbocycles. The van der Waals surface area contributed by atoms with Crippen LogP contribution >= 0.6 is 0 Å². The molecule has 1 amide bonds. The summed E-state index contributed by atoms with van der Waals surface area (Å²) in [6.45, 7) is 2.30. The van der Waals surface area contributed by atoms with Crippen LogP contribution in [0.4, 0.5) is 33.6 Å². The number of nitrogens with two attached hydrogens (primary N) is 1. The van der Waals surface area contributed by atoms with E-state index in [2.05, 4.69) is 35.7 Å². The van der Waals surface area contributed by atoms with Crippen LogP contribution in [0.3, 0.4) is 0 Å². The van der Waals surface area contributed by atoms with Gasteiger partial charge in [0.15, 0.2) is 11.5 Å². The molecule has 1 fully saturated rings. The standard InChI is InChI=1S/C21H22F5N9O/c1-19(28-7-9-3-4-9)12-14(27)32-16(33-15(12)34-18(19)36)13-10-8-29-35(2)17(10)31-11(30-13)5-6-20(22,23)21(24,25)26/h8-9,28H,3-7H2,1-2H3,(H3,27,32,33,34,36). The van der Waals surface area contributed by atoms with E-state index in [1.54, 1.807) is 6.92 Å². The number of halogens is 5. The zero-order valence-corrected chi connectivity index (χ0v) is 19.2. The Labute approximate surface area is 200 Å². The Morgan fingerprint density at radius 2 is 1.92 bits per heavy atom. The number of carbonyl (C=O) groups excluding carboxylic acids is 1. The van der Waals surface area contributed by atoms with Gasteiger partial charge in [0.2, 0.25) is 5.91 Å². The van der Waals surface area contributed by atoms with Gasteiger partial charge >= 0.3 is 12.1 Å². The number of amides is 1. The van der Waals surface area contributed by atoms with Gasteiger partial charge in [-0.2, -0.15) is 27.1 Å². The maximum Gasteiger partial charge on any atom is 0.453 e. The van der Waals surface area contributed by atoms with Gasteiger partial charge in [0, 0.05) is 19.9 Å². The lowest BCUT2D eigenvalue weighted by Crippen LogP contribution is -2.46. The monoisotopic (exact) mass is 511 g/mol. The van der Waals surface area contributed by atoms with Crippen molar-refractivity contribution in [2.75, 3.05) is 17.6 Å². The van der Waals surface area contributed by atoms with E-state index in [1.807, 2.05) is 0 Å². The minimum Gasteiger partial charge on any atom is -0.383 e. The molecule has 0 saturated heterocycles. The Bertz CT molecular complexity index is 1370. The Hall–Kier alpha value is -3.49. The number of hydrogen-bond donors (Lipinski definition) is 3. The van der Waals surface area contributed by atoms with Crippen molar-refractivity contribution in [1.29, 1.82) is 0 Å². The van der Waals surface area contributed by atoms with Crippen molar-refractivity contribution in [2.24, 2.45) is 13.0 Å². The Morgan fingerprint density at radius 3 is 2.58 bits per heavy atom. The largest absolute Gasteiger partial charge is 0.453 e. The number of fused-ring (bicyclic) bond motifs is 2. The summed E-state index contributed by atoms with van der Waals surface area (Å²) in [5, 5.41) is 10.3. The molecule has 1 atom stereocenters. The van der Waals surface area contributed by atoms with Gasteiger partial charge in [-0.25, -0.2) is 19.9 Å². The molecule has 0 radical (unpaired) electrons. The van der Waals surface area contributed by atoms with Crippen molar-refractivity contribution in [3.8, 4) is 11.5 Å². The maximum atomic E-state index is 13.5. The molecule has 3 aromatic rings. The molecule has 1 aliphatic heterocycles. The Kier molecular flexibility index (Phi) is 5.39. The van der Waals surface area contributed by atoms with E-state index in [0.717, 1.165) is 12.8 Å². The highest BCUT2D eigenvalue weighted by Crippen LogP contribution is 2.41. The summed E-state index contributed by atoms with van der Waals surface area (Å²) in [7, 11) is 1.53. The van der Waals surface area contributed by atoms with Crippen molar-refractivity contribution in [1.82, 2.24) is 35.0 Å². The van der Waals surface area contributed by atoms with Crippen LogP contribution in [0, 0.1) is 5.92 Å². The van der Waals surface area contributed by atoms with Gasteiger partial charge in [0.05, 0.1) is 17.1 Å². The zero-order valence-electron chi connectivity index (χ0n) is 19.2. The second-order valence-electron chi connectivity index (χ2n) is 9.26. The van der Waals surface area contributed by atoms with Gasteiger partial charge in [-0.3, -0.25) is 14.8 Å². The fourth-order valence-corrected chi connectivity index (χ4v) is 4.11. The smallest absolute Gasteiger partial charge is 0.383 e. The van der Waals surface area contributed by atoms with E-state index < -0.39 is 30.5 Å². The molecule has 4 N–H and O–H groups in total. The average Bonchev–Trinajstić information content (AvgIpc) is 3.50. The molecule has 36 heavy (non-hydrogen) atoms. The number of alkyl halides is 5. The van der Waals surface area contributed by atoms with E-state index in [4.69, 9.17) is 5.73 Å². The van der Waals surface area contributed by atoms with Crippen molar-refractivity contribution >= 4 is 28.6 Å². The number of nitrogen functional groups attached to an aromatic ring is 1. The molecule has 2 aliphatic rings. The van der Waals surface area contributed by atoms with Gasteiger partial charge < -0.3 is 11.1 Å². The second-order valence-corrected chi connectivity index (χ2v) is 9.26. The number of aromatic nitrogens is 6. The predicted octanol–water partition coefficient (Wildman–Crippen LogP) is 2.70. The number of anilines is 2. The first-order valence-corrected chi connectivity index (χ1v) is 11.2. The van der Waals surface area contributed by atoms with Gasteiger partial charge in [-0.15, -0.1) is 0 Å². The predicted molar refractivity (Wildman–Crippen MR) is 118 cm³/mol. The van der Waals surface area contributed by atoms with Crippen LogP contribution in [0.5, 0.6) is 0 Å². The molecular weight excluding hydrogens is 489 g/mol. The van der Waals surface area contributed by atoms with E-state index in [9.17, 15) is 26.7 Å². The van der Waals surface area contributed by atoms with E-state index in [-0.39, 0.29) is 40.5 Å². The number of nitrogens with zero attached hydrogens (tertiary/aromatic N) is 6. The Balaban J connectivity index is 1.54. The molecule has 1 aliphatic carbocycles. The van der Waals surface area contributed by atoms with Crippen molar-refractivity contribution in [3.63, 3.8) is 0 Å². The Morgan fingerprint density at radius 1 is 1.19 bits per heavy atom. The van der Waals surface area contributed by atoms with Crippen LogP contribution < -0.4 is 16.4 Å². The van der Waals surface area contributed by atoms with E-state index in [1.165, 1.54) is 17.9 Å². The number of nitrogens with one attached hydrogen (secondary N) is 2. The highest BCUT2D eigenvalue weighted by atomic mass is 19.4. The van der Waals surface area contributed by atoms with Crippen molar-refractivity contribution in [2.45, 2.75) is 50.2 Å². The highest BCUT2D eigenvalue weighted by Gasteiger charge is 2.56. The minimum atomic E-state index is -5.69. The summed E-state index contributed by atoms with van der Waals surface area (Å²) >= 11 is 0. The fraction of sp³-hybridized carbons (Fsp3) is 0.524. The summed E-state index contributed by atoms with van der Waals surface area (Å²) in [6.07, 6.45) is -4.44. The summed E-state index contributed by atoms with van der Waals surface area (Å²) in [5.41, 5.74) is 5.71. The van der Waals surface area contributed by atoms with Crippen LogP contribution in [-0.4, -0.2) is 54.3 Å². The first-order chi connectivity index (χ1) is 16.8. The molecule has 10 nitrogen and oxygen atoms in total. The molecular formula is C21H22F5N9O. The van der Waals surface area contributed by atoms with Crippen LogP contribution in [0.25, 0.3) is 22.6 Å². The molecule has 0 spiro atoms. The summed E-state index contributed by atoms with van der Waals surface area (Å²) in [6, 6.07) is 0. The topological polar surface area (TPSA) is 137 Å². The van der Waals surface area contributed by atoms with E-state index >= 15 is 0 Å². The first-order valence-electron chi connectivity index (χ1n) is 11.2. The normalized spacial score (nSPS) is 20.1. The third-order valence-corrected chi connectivity index (χ3v) is 6.49. The molecule has 0 bridgehead atoms. The molecule has 192 valence electrons. The molecule has 15 heteroatoms. The molecule has 5 rings (SSSR count). The lowest BCUT2D eigenvalue weighted by atomic mass is 9.94. The lowest BCUT2D eigenvalue weighted by molar-refractivity contribution is -0.284. The quantitative estimate of drug-likeness (QED) is 0.412.